The molecule has 5 aromatic carbocycles. The molecule has 6 aromatic rings. The monoisotopic (exact) mass is 387 g/mol. The van der Waals surface area contributed by atoms with Crippen molar-refractivity contribution in [3.05, 3.63) is 97.1 Å². The lowest BCUT2D eigenvalue weighted by atomic mass is 9.79. The van der Waals surface area contributed by atoms with Crippen LogP contribution >= 0.6 is 0 Å². The topological polar surface area (TPSA) is 45.4 Å². The van der Waals surface area contributed by atoms with Gasteiger partial charge in [-0.15, -0.1) is 0 Å². The first-order valence-corrected chi connectivity index (χ1v) is 10.0. The molecule has 6 rings (SSSR count). The number of fused-ring (bicyclic) bond motifs is 8. The van der Waals surface area contributed by atoms with Crippen LogP contribution in [0, 0.1) is 0 Å². The Morgan fingerprint density at radius 2 is 1.17 bits per heavy atom. The Morgan fingerprint density at radius 3 is 1.87 bits per heavy atom. The quantitative estimate of drug-likeness (QED) is 0.332. The van der Waals surface area contributed by atoms with E-state index < -0.39 is 7.12 Å². The summed E-state index contributed by atoms with van der Waals surface area (Å²) in [5.74, 6) is 0. The fraction of sp³-hybridized carbons (Fsp3) is 0. The SMILES string of the molecule is OB(O)c1ccc2c(c1)c1c3ccccc3c3ccccc3c1n2-c1ccccc1. The van der Waals surface area contributed by atoms with Gasteiger partial charge in [0.1, 0.15) is 0 Å². The maximum Gasteiger partial charge on any atom is 0.488 e. The van der Waals surface area contributed by atoms with E-state index in [0.717, 1.165) is 32.9 Å². The van der Waals surface area contributed by atoms with Crippen molar-refractivity contribution in [1.29, 1.82) is 0 Å². The third-order valence-electron chi connectivity index (χ3n) is 5.97. The zero-order valence-electron chi connectivity index (χ0n) is 16.2. The molecule has 0 bridgehead atoms. The lowest BCUT2D eigenvalue weighted by molar-refractivity contribution is 0.426. The Hall–Kier alpha value is -3.60. The Balaban J connectivity index is 1.97. The second kappa shape index (κ2) is 6.46. The van der Waals surface area contributed by atoms with E-state index in [0.29, 0.717) is 5.46 Å². The average molecular weight is 387 g/mol. The molecule has 3 nitrogen and oxygen atoms in total. The summed E-state index contributed by atoms with van der Waals surface area (Å²) < 4.78 is 2.28. The smallest absolute Gasteiger partial charge is 0.423 e. The molecule has 0 fully saturated rings. The lowest BCUT2D eigenvalue weighted by Crippen LogP contribution is -2.29. The second-order valence-corrected chi connectivity index (χ2v) is 7.64. The van der Waals surface area contributed by atoms with Gasteiger partial charge in [-0.1, -0.05) is 78.9 Å². The molecule has 142 valence electrons. The van der Waals surface area contributed by atoms with Crippen molar-refractivity contribution in [2.75, 3.05) is 0 Å². The third-order valence-corrected chi connectivity index (χ3v) is 5.97. The van der Waals surface area contributed by atoms with E-state index in [-0.39, 0.29) is 0 Å². The highest BCUT2D eigenvalue weighted by Gasteiger charge is 2.20. The van der Waals surface area contributed by atoms with Gasteiger partial charge in [-0.3, -0.25) is 0 Å². The van der Waals surface area contributed by atoms with Crippen molar-refractivity contribution < 1.29 is 10.0 Å². The van der Waals surface area contributed by atoms with Crippen LogP contribution in [-0.2, 0) is 0 Å². The van der Waals surface area contributed by atoms with Gasteiger partial charge in [-0.05, 0) is 39.8 Å². The summed E-state index contributed by atoms with van der Waals surface area (Å²) in [7, 11) is -1.50. The van der Waals surface area contributed by atoms with Gasteiger partial charge in [0.25, 0.3) is 0 Å². The average Bonchev–Trinajstić information content (AvgIpc) is 3.14. The van der Waals surface area contributed by atoms with Crippen LogP contribution in [0.4, 0.5) is 0 Å². The van der Waals surface area contributed by atoms with E-state index in [1.807, 2.05) is 30.3 Å². The second-order valence-electron chi connectivity index (χ2n) is 7.64. The molecule has 0 spiro atoms. The fourth-order valence-electron chi connectivity index (χ4n) is 4.70. The first-order valence-electron chi connectivity index (χ1n) is 10.0. The van der Waals surface area contributed by atoms with Gasteiger partial charge in [0.15, 0.2) is 0 Å². The van der Waals surface area contributed by atoms with Crippen LogP contribution in [0.15, 0.2) is 97.1 Å². The number of hydrogen-bond donors (Lipinski definition) is 2. The molecular weight excluding hydrogens is 369 g/mol. The fourth-order valence-corrected chi connectivity index (χ4v) is 4.70. The number of rotatable bonds is 2. The molecular formula is C26H18BNO2. The Morgan fingerprint density at radius 1 is 0.567 bits per heavy atom. The van der Waals surface area contributed by atoms with Crippen molar-refractivity contribution in [2.45, 2.75) is 0 Å². The van der Waals surface area contributed by atoms with Crippen LogP contribution in [-0.4, -0.2) is 21.7 Å². The summed E-state index contributed by atoms with van der Waals surface area (Å²) >= 11 is 0. The van der Waals surface area contributed by atoms with Gasteiger partial charge in [-0.2, -0.15) is 0 Å². The minimum absolute atomic E-state index is 0.492. The zero-order valence-corrected chi connectivity index (χ0v) is 16.2. The standard InChI is InChI=1S/C26H18BNO2/c29-27(30)17-14-15-24-23(16-17)25-21-12-6-4-10-19(21)20-11-5-7-13-22(20)26(25)28(24)18-8-2-1-3-9-18/h1-16,29-30H. The lowest BCUT2D eigenvalue weighted by Gasteiger charge is -2.12. The number of benzene rings is 5. The molecule has 0 unspecified atom stereocenters. The zero-order chi connectivity index (χ0) is 20.2. The number of nitrogens with zero attached hydrogens (tertiary/aromatic N) is 1. The summed E-state index contributed by atoms with van der Waals surface area (Å²) in [6, 6.07) is 32.9. The highest BCUT2D eigenvalue weighted by Crippen LogP contribution is 2.41. The number of hydrogen-bond acceptors (Lipinski definition) is 2. The van der Waals surface area contributed by atoms with Gasteiger partial charge in [-0.25, -0.2) is 0 Å². The summed E-state index contributed by atoms with van der Waals surface area (Å²) in [5, 5.41) is 26.5. The van der Waals surface area contributed by atoms with Crippen molar-refractivity contribution in [3.8, 4) is 5.69 Å². The molecule has 0 saturated heterocycles. The Kier molecular flexibility index (Phi) is 3.72. The first kappa shape index (κ1) is 17.3. The summed E-state index contributed by atoms with van der Waals surface area (Å²) in [6.45, 7) is 0. The maximum atomic E-state index is 9.81. The Bertz CT molecular complexity index is 1570. The molecule has 30 heavy (non-hydrogen) atoms. The summed E-state index contributed by atoms with van der Waals surface area (Å²) in [6.07, 6.45) is 0. The molecule has 1 aromatic heterocycles. The van der Waals surface area contributed by atoms with Crippen LogP contribution in [0.2, 0.25) is 0 Å². The van der Waals surface area contributed by atoms with Crippen LogP contribution in [0.3, 0.4) is 0 Å². The third kappa shape index (κ3) is 2.35. The molecule has 0 aliphatic rings. The van der Waals surface area contributed by atoms with Crippen LogP contribution in [0.25, 0.3) is 49.0 Å². The summed E-state index contributed by atoms with van der Waals surface area (Å²) in [5.41, 5.74) is 3.75. The van der Waals surface area contributed by atoms with E-state index >= 15 is 0 Å². The summed E-state index contributed by atoms with van der Waals surface area (Å²) in [4.78, 5) is 0. The van der Waals surface area contributed by atoms with E-state index in [1.165, 1.54) is 16.2 Å². The van der Waals surface area contributed by atoms with Gasteiger partial charge in [0.2, 0.25) is 0 Å². The van der Waals surface area contributed by atoms with Crippen molar-refractivity contribution >= 4 is 55.9 Å². The predicted molar refractivity (Wildman–Crippen MR) is 126 cm³/mol. The minimum atomic E-state index is -1.50. The molecule has 1 heterocycles. The molecule has 0 amide bonds. The van der Waals surface area contributed by atoms with Crippen molar-refractivity contribution in [1.82, 2.24) is 4.57 Å². The van der Waals surface area contributed by atoms with Gasteiger partial charge >= 0.3 is 7.12 Å². The van der Waals surface area contributed by atoms with Gasteiger partial charge < -0.3 is 14.6 Å². The first-order chi connectivity index (χ1) is 14.7. The number of para-hydroxylation sites is 1. The molecule has 0 saturated carbocycles. The maximum absolute atomic E-state index is 9.81. The van der Waals surface area contributed by atoms with Gasteiger partial charge in [0.05, 0.1) is 11.0 Å². The predicted octanol–water partition coefficient (Wildman–Crippen LogP) is 4.77. The highest BCUT2D eigenvalue weighted by atomic mass is 16.4. The highest BCUT2D eigenvalue weighted by molar-refractivity contribution is 6.59. The van der Waals surface area contributed by atoms with E-state index in [1.54, 1.807) is 6.07 Å². The van der Waals surface area contributed by atoms with Crippen molar-refractivity contribution in [2.24, 2.45) is 0 Å². The van der Waals surface area contributed by atoms with E-state index in [2.05, 4.69) is 65.2 Å². The van der Waals surface area contributed by atoms with Crippen molar-refractivity contribution in [3.63, 3.8) is 0 Å². The van der Waals surface area contributed by atoms with Crippen LogP contribution in [0.1, 0.15) is 0 Å². The Labute approximate surface area is 173 Å². The van der Waals surface area contributed by atoms with Crippen LogP contribution in [0.5, 0.6) is 0 Å². The largest absolute Gasteiger partial charge is 0.488 e. The molecule has 0 aliphatic heterocycles. The number of aromatic nitrogens is 1. The molecule has 0 atom stereocenters. The molecule has 4 heteroatoms. The normalized spacial score (nSPS) is 11.7. The van der Waals surface area contributed by atoms with Gasteiger partial charge in [0, 0.05) is 21.8 Å². The van der Waals surface area contributed by atoms with Crippen LogP contribution < -0.4 is 5.46 Å². The minimum Gasteiger partial charge on any atom is -0.423 e. The molecule has 0 radical (unpaired) electrons. The molecule has 0 aliphatic carbocycles. The van der Waals surface area contributed by atoms with E-state index in [9.17, 15) is 10.0 Å². The molecule has 2 N–H and O–H groups in total. The van der Waals surface area contributed by atoms with E-state index in [4.69, 9.17) is 0 Å².